The number of ether oxygens (including phenoxy) is 1. The Kier molecular flexibility index (Phi) is 7.85. The molecule has 2 aromatic carbocycles. The molecule has 0 saturated carbocycles. The van der Waals surface area contributed by atoms with Crippen LogP contribution in [0.4, 0.5) is 0 Å². The van der Waals surface area contributed by atoms with Gasteiger partial charge in [0.05, 0.1) is 23.6 Å². The molecule has 1 aliphatic rings. The molecule has 2 aromatic rings. The number of benzene rings is 2. The van der Waals surface area contributed by atoms with Crippen molar-refractivity contribution in [3.63, 3.8) is 0 Å². The summed E-state index contributed by atoms with van der Waals surface area (Å²) in [5.41, 5.74) is 0.548. The molecule has 0 radical (unpaired) electrons. The molecule has 30 heavy (non-hydrogen) atoms. The molecule has 3 rings (SSSR count). The minimum atomic E-state index is -3.66. The van der Waals surface area contributed by atoms with Crippen molar-refractivity contribution in [2.24, 2.45) is 0 Å². The van der Waals surface area contributed by atoms with E-state index in [9.17, 15) is 18.3 Å². The summed E-state index contributed by atoms with van der Waals surface area (Å²) in [5, 5.41) is 13.0. The van der Waals surface area contributed by atoms with Gasteiger partial charge in [-0.1, -0.05) is 35.9 Å². The van der Waals surface area contributed by atoms with Crippen LogP contribution in [-0.4, -0.2) is 50.8 Å². The normalized spacial score (nSPS) is 21.9. The molecule has 7 nitrogen and oxygen atoms in total. The van der Waals surface area contributed by atoms with E-state index in [0.717, 1.165) is 0 Å². The van der Waals surface area contributed by atoms with Gasteiger partial charge in [0.1, 0.15) is 6.10 Å². The van der Waals surface area contributed by atoms with E-state index < -0.39 is 16.1 Å². The molecular formula is C21H25ClN2O5S. The summed E-state index contributed by atoms with van der Waals surface area (Å²) in [6.07, 6.45) is 0.982. The second-order valence-corrected chi connectivity index (χ2v) is 9.35. The molecule has 0 aliphatic carbocycles. The lowest BCUT2D eigenvalue weighted by Crippen LogP contribution is -2.51. The minimum Gasteiger partial charge on any atom is -0.394 e. The van der Waals surface area contributed by atoms with E-state index in [-0.39, 0.29) is 36.1 Å². The van der Waals surface area contributed by atoms with Crippen molar-refractivity contribution in [3.8, 4) is 0 Å². The smallest absolute Gasteiger partial charge is 0.251 e. The molecule has 9 heteroatoms. The van der Waals surface area contributed by atoms with Crippen LogP contribution >= 0.6 is 11.6 Å². The highest BCUT2D eigenvalue weighted by molar-refractivity contribution is 7.89. The van der Waals surface area contributed by atoms with E-state index in [0.29, 0.717) is 29.8 Å². The van der Waals surface area contributed by atoms with Gasteiger partial charge >= 0.3 is 0 Å². The van der Waals surface area contributed by atoms with E-state index in [2.05, 4.69) is 10.0 Å². The average molecular weight is 453 g/mol. The van der Waals surface area contributed by atoms with Crippen LogP contribution in [0.5, 0.6) is 0 Å². The van der Waals surface area contributed by atoms with Crippen LogP contribution in [0.15, 0.2) is 59.5 Å². The SMILES string of the molecule is O=C(N[C@@H]1CC[C@H](CCNS(=O)(=O)c2cccc(Cl)c2)O[C@@H]1CO)c1ccccc1. The number of halogens is 1. The Labute approximate surface area is 181 Å². The van der Waals surface area contributed by atoms with Crippen molar-refractivity contribution in [3.05, 3.63) is 65.2 Å². The second kappa shape index (κ2) is 10.4. The number of nitrogens with one attached hydrogen (secondary N) is 2. The Balaban J connectivity index is 1.50. The number of rotatable bonds is 8. The zero-order valence-corrected chi connectivity index (χ0v) is 17.9. The molecular weight excluding hydrogens is 428 g/mol. The van der Waals surface area contributed by atoms with E-state index in [1.54, 1.807) is 36.4 Å². The van der Waals surface area contributed by atoms with Gasteiger partial charge in [0.15, 0.2) is 0 Å². The number of sulfonamides is 1. The van der Waals surface area contributed by atoms with Crippen molar-refractivity contribution in [1.82, 2.24) is 10.0 Å². The van der Waals surface area contributed by atoms with Gasteiger partial charge < -0.3 is 15.2 Å². The quantitative estimate of drug-likeness (QED) is 0.570. The maximum absolute atomic E-state index is 12.4. The molecule has 0 unspecified atom stereocenters. The van der Waals surface area contributed by atoms with Crippen molar-refractivity contribution in [1.29, 1.82) is 0 Å². The fourth-order valence-corrected chi connectivity index (χ4v) is 4.77. The van der Waals surface area contributed by atoms with Crippen molar-refractivity contribution < 1.29 is 23.1 Å². The largest absolute Gasteiger partial charge is 0.394 e. The highest BCUT2D eigenvalue weighted by Crippen LogP contribution is 2.22. The second-order valence-electron chi connectivity index (χ2n) is 7.15. The van der Waals surface area contributed by atoms with Crippen LogP contribution in [0.3, 0.4) is 0 Å². The third-order valence-electron chi connectivity index (χ3n) is 5.01. The van der Waals surface area contributed by atoms with Crippen LogP contribution < -0.4 is 10.0 Å². The molecule has 1 saturated heterocycles. The van der Waals surface area contributed by atoms with Gasteiger partial charge in [-0.05, 0) is 49.6 Å². The predicted octanol–water partition coefficient (Wildman–Crippen LogP) is 2.35. The molecule has 0 bridgehead atoms. The summed E-state index contributed by atoms with van der Waals surface area (Å²) in [5.74, 6) is -0.213. The third-order valence-corrected chi connectivity index (χ3v) is 6.71. The Morgan fingerprint density at radius 1 is 1.13 bits per heavy atom. The van der Waals surface area contributed by atoms with Crippen LogP contribution in [0.2, 0.25) is 5.02 Å². The summed E-state index contributed by atoms with van der Waals surface area (Å²) >= 11 is 5.86. The first-order valence-corrected chi connectivity index (χ1v) is 11.6. The first kappa shape index (κ1) is 22.7. The first-order chi connectivity index (χ1) is 14.4. The summed E-state index contributed by atoms with van der Waals surface area (Å²) in [6, 6.07) is 14.6. The molecule has 1 heterocycles. The van der Waals surface area contributed by atoms with E-state index >= 15 is 0 Å². The minimum absolute atomic E-state index is 0.108. The monoisotopic (exact) mass is 452 g/mol. The number of hydrogen-bond acceptors (Lipinski definition) is 5. The highest BCUT2D eigenvalue weighted by Gasteiger charge is 2.32. The summed E-state index contributed by atoms with van der Waals surface area (Å²) < 4.78 is 33.2. The van der Waals surface area contributed by atoms with Crippen molar-refractivity contribution in [2.45, 2.75) is 42.4 Å². The fourth-order valence-electron chi connectivity index (χ4n) is 3.42. The maximum atomic E-state index is 12.4. The lowest BCUT2D eigenvalue weighted by atomic mass is 9.97. The molecule has 1 aliphatic heterocycles. The molecule has 1 fully saturated rings. The predicted molar refractivity (Wildman–Crippen MR) is 114 cm³/mol. The maximum Gasteiger partial charge on any atom is 0.251 e. The van der Waals surface area contributed by atoms with Crippen LogP contribution in [0, 0.1) is 0 Å². The highest BCUT2D eigenvalue weighted by atomic mass is 35.5. The van der Waals surface area contributed by atoms with Gasteiger partial charge in [0, 0.05) is 17.1 Å². The van der Waals surface area contributed by atoms with E-state index in [1.807, 2.05) is 6.07 Å². The molecule has 0 spiro atoms. The topological polar surface area (TPSA) is 105 Å². The average Bonchev–Trinajstić information content (AvgIpc) is 2.75. The summed E-state index contributed by atoms with van der Waals surface area (Å²) in [4.78, 5) is 12.5. The first-order valence-electron chi connectivity index (χ1n) is 9.76. The summed E-state index contributed by atoms with van der Waals surface area (Å²) in [6.45, 7) is -0.0385. The zero-order chi connectivity index (χ0) is 21.6. The zero-order valence-electron chi connectivity index (χ0n) is 16.3. The Morgan fingerprint density at radius 3 is 2.60 bits per heavy atom. The summed E-state index contributed by atoms with van der Waals surface area (Å²) in [7, 11) is -3.66. The van der Waals surface area contributed by atoms with Gasteiger partial charge in [-0.15, -0.1) is 0 Å². The Morgan fingerprint density at radius 2 is 1.90 bits per heavy atom. The number of hydrogen-bond donors (Lipinski definition) is 3. The van der Waals surface area contributed by atoms with Gasteiger partial charge in [0.25, 0.3) is 5.91 Å². The number of aliphatic hydroxyl groups excluding tert-OH is 1. The molecule has 1 amide bonds. The molecule has 3 atom stereocenters. The van der Waals surface area contributed by atoms with E-state index in [1.165, 1.54) is 12.1 Å². The number of carbonyl (C=O) groups is 1. The van der Waals surface area contributed by atoms with Gasteiger partial charge in [0.2, 0.25) is 10.0 Å². The van der Waals surface area contributed by atoms with Crippen molar-refractivity contribution in [2.75, 3.05) is 13.2 Å². The Bertz CT molecular complexity index is 955. The Hall–Kier alpha value is -1.97. The lowest BCUT2D eigenvalue weighted by Gasteiger charge is -2.36. The van der Waals surface area contributed by atoms with Crippen LogP contribution in [0.1, 0.15) is 29.6 Å². The number of carbonyl (C=O) groups excluding carboxylic acids is 1. The van der Waals surface area contributed by atoms with Gasteiger partial charge in [-0.2, -0.15) is 0 Å². The standard InChI is InChI=1S/C21H25ClN2O5S/c22-16-7-4-8-18(13-16)30(27,28)23-12-11-17-9-10-19(20(14-25)29-17)24-21(26)15-5-2-1-3-6-15/h1-8,13,17,19-20,23,25H,9-12,14H2,(H,24,26)/t17-,19-,20-/m1/s1. The van der Waals surface area contributed by atoms with E-state index in [4.69, 9.17) is 16.3 Å². The van der Waals surface area contributed by atoms with Crippen LogP contribution in [0.25, 0.3) is 0 Å². The number of aliphatic hydroxyl groups is 1. The molecule has 3 N–H and O–H groups in total. The number of amides is 1. The third kappa shape index (κ3) is 6.02. The van der Waals surface area contributed by atoms with Gasteiger partial charge in [-0.25, -0.2) is 13.1 Å². The van der Waals surface area contributed by atoms with Crippen LogP contribution in [-0.2, 0) is 14.8 Å². The van der Waals surface area contributed by atoms with Gasteiger partial charge in [-0.3, -0.25) is 4.79 Å². The molecule has 162 valence electrons. The molecule has 0 aromatic heterocycles. The fraction of sp³-hybridized carbons (Fsp3) is 0.381. The lowest BCUT2D eigenvalue weighted by molar-refractivity contribution is -0.0891. The van der Waals surface area contributed by atoms with Crippen molar-refractivity contribution >= 4 is 27.5 Å².